The zero-order valence-corrected chi connectivity index (χ0v) is 32.4. The van der Waals surface area contributed by atoms with Gasteiger partial charge in [0.25, 0.3) is 0 Å². The molecule has 9 heteroatoms. The van der Waals surface area contributed by atoms with Gasteiger partial charge in [0.15, 0.2) is 0 Å². The Balaban J connectivity index is 1.34. The van der Waals surface area contributed by atoms with Gasteiger partial charge >= 0.3 is 6.18 Å². The van der Waals surface area contributed by atoms with Gasteiger partial charge in [-0.2, -0.15) is 34.2 Å². The predicted molar refractivity (Wildman–Crippen MR) is 235 cm³/mol. The maximum atomic E-state index is 15.0. The normalized spacial score (nSPS) is 11.4. The molecule has 290 valence electrons. The van der Waals surface area contributed by atoms with Gasteiger partial charge in [-0.1, -0.05) is 91.0 Å². The van der Waals surface area contributed by atoms with Gasteiger partial charge in [0.1, 0.15) is 11.6 Å². The minimum Gasteiger partial charge on any atom is -0.308 e. The zero-order valence-electron chi connectivity index (χ0n) is 32.4. The minimum absolute atomic E-state index is 0.0921. The summed E-state index contributed by atoms with van der Waals surface area (Å²) in [7, 11) is 0. The molecule has 0 aliphatic carbocycles. The first-order chi connectivity index (χ1) is 30.2. The van der Waals surface area contributed by atoms with E-state index in [0.717, 1.165) is 49.9 Å². The number of nitrogens with zero attached hydrogens (tertiary/aromatic N) is 6. The topological polar surface area (TPSA) is 105 Å². The third-order valence-corrected chi connectivity index (χ3v) is 11.5. The van der Waals surface area contributed by atoms with Crippen LogP contribution in [-0.2, 0) is 6.18 Å². The molecule has 8 aromatic carbocycles. The number of benzene rings is 8. The molecule has 0 bridgehead atoms. The van der Waals surface area contributed by atoms with E-state index in [9.17, 15) is 21.0 Å². The Hall–Kier alpha value is -8.89. The molecule has 0 aliphatic rings. The van der Waals surface area contributed by atoms with Crippen LogP contribution in [-0.4, -0.2) is 9.13 Å². The molecule has 0 radical (unpaired) electrons. The number of hydrogen-bond donors (Lipinski definition) is 0. The molecule has 10 aromatic rings. The lowest BCUT2D eigenvalue weighted by Crippen LogP contribution is -2.10. The highest BCUT2D eigenvalue weighted by atomic mass is 19.4. The second-order valence-electron chi connectivity index (χ2n) is 14.8. The molecule has 2 heterocycles. The Morgan fingerprint density at radius 1 is 0.387 bits per heavy atom. The highest BCUT2D eigenvalue weighted by molar-refractivity contribution is 6.12. The van der Waals surface area contributed by atoms with Crippen LogP contribution in [0.25, 0.3) is 88.4 Å². The molecule has 2 aromatic heterocycles. The molecule has 10 rings (SSSR count). The van der Waals surface area contributed by atoms with E-state index in [0.29, 0.717) is 44.6 Å². The summed E-state index contributed by atoms with van der Waals surface area (Å²) < 4.78 is 48.9. The summed E-state index contributed by atoms with van der Waals surface area (Å²) in [6.45, 7) is 0. The Labute approximate surface area is 352 Å². The Morgan fingerprint density at radius 3 is 1.29 bits per heavy atom. The SMILES string of the molecule is N#Cc1ccccc1-c1ccc2c(c1)c1ccccc1n2-c1cc(-c2c(C#N)cccc2C(F)(F)F)cc(-n2c3ccccc3c3cc(-c4ccccc4C#N)ccc32)c1C#N. The third kappa shape index (κ3) is 5.77. The molecular weight excluding hydrogens is 778 g/mol. The van der Waals surface area contributed by atoms with Gasteiger partial charge in [0, 0.05) is 27.1 Å². The second kappa shape index (κ2) is 14.4. The zero-order chi connectivity index (χ0) is 42.7. The fourth-order valence-corrected chi connectivity index (χ4v) is 8.88. The fraction of sp³-hybridized carbons (Fsp3) is 0.0189. The van der Waals surface area contributed by atoms with Crippen molar-refractivity contribution in [2.45, 2.75) is 6.18 Å². The lowest BCUT2D eigenvalue weighted by Gasteiger charge is -2.20. The highest BCUT2D eigenvalue weighted by Gasteiger charge is 2.35. The molecule has 0 saturated carbocycles. The quantitative estimate of drug-likeness (QED) is 0.173. The third-order valence-electron chi connectivity index (χ3n) is 11.5. The number of hydrogen-bond acceptors (Lipinski definition) is 4. The van der Waals surface area contributed by atoms with Gasteiger partial charge in [-0.3, -0.25) is 0 Å². The molecule has 0 fully saturated rings. The molecule has 0 aliphatic heterocycles. The standard InChI is InChI=1S/C53H27F3N6/c54-53(55,56)45-17-9-12-36(30-59)52(45)37-26-50(61-46-18-7-5-15-40(46)42-24-32(20-22-48(42)61)38-13-3-1-10-34(38)28-57)44(31-60)51(27-37)62-47-19-8-6-16-41(47)43-25-33(21-23-49(43)62)39-14-4-2-11-35(39)29-58/h1-27H. The molecule has 0 saturated heterocycles. The van der Waals surface area contributed by atoms with Gasteiger partial charge in [-0.25, -0.2) is 0 Å². The van der Waals surface area contributed by atoms with E-state index in [1.165, 1.54) is 12.1 Å². The summed E-state index contributed by atoms with van der Waals surface area (Å²) in [5.74, 6) is 0. The smallest absolute Gasteiger partial charge is 0.308 e. The largest absolute Gasteiger partial charge is 0.417 e. The van der Waals surface area contributed by atoms with Crippen molar-refractivity contribution < 1.29 is 13.2 Å². The van der Waals surface area contributed by atoms with E-state index in [1.807, 2.05) is 124 Å². The summed E-state index contributed by atoms with van der Waals surface area (Å²) in [4.78, 5) is 0. The maximum absolute atomic E-state index is 15.0. The van der Waals surface area contributed by atoms with Crippen molar-refractivity contribution in [3.63, 3.8) is 0 Å². The fourth-order valence-electron chi connectivity index (χ4n) is 8.88. The van der Waals surface area contributed by atoms with E-state index in [4.69, 9.17) is 0 Å². The van der Waals surface area contributed by atoms with Crippen LogP contribution >= 0.6 is 0 Å². The van der Waals surface area contributed by atoms with Crippen LogP contribution in [0, 0.1) is 45.3 Å². The molecular formula is C53H27F3N6. The van der Waals surface area contributed by atoms with Gasteiger partial charge in [0.2, 0.25) is 0 Å². The Morgan fingerprint density at radius 2 is 0.823 bits per heavy atom. The van der Waals surface area contributed by atoms with Crippen LogP contribution in [0.2, 0.25) is 0 Å². The monoisotopic (exact) mass is 804 g/mol. The van der Waals surface area contributed by atoms with Gasteiger partial charge < -0.3 is 9.13 Å². The van der Waals surface area contributed by atoms with Crippen LogP contribution in [0.15, 0.2) is 164 Å². The van der Waals surface area contributed by atoms with Crippen LogP contribution < -0.4 is 0 Å². The van der Waals surface area contributed by atoms with Crippen molar-refractivity contribution >= 4 is 43.6 Å². The van der Waals surface area contributed by atoms with Crippen molar-refractivity contribution in [3.05, 3.63) is 192 Å². The summed E-state index contributed by atoms with van der Waals surface area (Å²) in [5, 5.41) is 44.8. The summed E-state index contributed by atoms with van der Waals surface area (Å²) >= 11 is 0. The molecule has 6 nitrogen and oxygen atoms in total. The van der Waals surface area contributed by atoms with E-state index in [1.54, 1.807) is 36.4 Å². The number of rotatable bonds is 5. The molecule has 0 spiro atoms. The van der Waals surface area contributed by atoms with Gasteiger partial charge in [-0.15, -0.1) is 0 Å². The highest BCUT2D eigenvalue weighted by Crippen LogP contribution is 2.45. The van der Waals surface area contributed by atoms with Crippen molar-refractivity contribution in [2.75, 3.05) is 0 Å². The van der Waals surface area contributed by atoms with E-state index < -0.39 is 11.7 Å². The van der Waals surface area contributed by atoms with Gasteiger partial charge in [-0.05, 0) is 101 Å². The number of aromatic nitrogens is 2. The lowest BCUT2D eigenvalue weighted by molar-refractivity contribution is -0.137. The summed E-state index contributed by atoms with van der Waals surface area (Å²) in [6.07, 6.45) is -4.82. The van der Waals surface area contributed by atoms with Gasteiger partial charge in [0.05, 0.1) is 73.9 Å². The molecule has 62 heavy (non-hydrogen) atoms. The molecule has 0 unspecified atom stereocenters. The van der Waals surface area contributed by atoms with Crippen molar-refractivity contribution in [2.24, 2.45) is 0 Å². The van der Waals surface area contributed by atoms with Crippen molar-refractivity contribution in [1.82, 2.24) is 9.13 Å². The first kappa shape index (κ1) is 37.4. The van der Waals surface area contributed by atoms with Crippen LogP contribution in [0.5, 0.6) is 0 Å². The van der Waals surface area contributed by atoms with E-state index in [-0.39, 0.29) is 22.3 Å². The summed E-state index contributed by atoms with van der Waals surface area (Å²) in [5.41, 5.74) is 6.27. The average molecular weight is 805 g/mol. The minimum atomic E-state index is -4.82. The molecule has 0 amide bonds. The Bertz CT molecular complexity index is 3500. The predicted octanol–water partition coefficient (Wildman–Crippen LogP) is 13.4. The number of para-hydroxylation sites is 2. The first-order valence-electron chi connectivity index (χ1n) is 19.5. The second-order valence-corrected chi connectivity index (χ2v) is 14.8. The van der Waals surface area contributed by atoms with Crippen LogP contribution in [0.4, 0.5) is 13.2 Å². The lowest BCUT2D eigenvalue weighted by atomic mass is 9.92. The van der Waals surface area contributed by atoms with E-state index >= 15 is 13.2 Å². The number of nitriles is 4. The van der Waals surface area contributed by atoms with Crippen LogP contribution in [0.1, 0.15) is 27.8 Å². The van der Waals surface area contributed by atoms with Crippen LogP contribution in [0.3, 0.4) is 0 Å². The molecule has 0 atom stereocenters. The van der Waals surface area contributed by atoms with Crippen molar-refractivity contribution in [1.29, 1.82) is 21.0 Å². The summed E-state index contributed by atoms with van der Waals surface area (Å²) in [6, 6.07) is 57.1. The first-order valence-corrected chi connectivity index (χ1v) is 19.5. The average Bonchev–Trinajstić information content (AvgIpc) is 3.82. The van der Waals surface area contributed by atoms with Crippen molar-refractivity contribution in [3.8, 4) is 69.0 Å². The number of fused-ring (bicyclic) bond motifs is 6. The number of halogens is 3. The maximum Gasteiger partial charge on any atom is 0.417 e. The van der Waals surface area contributed by atoms with E-state index in [2.05, 4.69) is 18.2 Å². The molecule has 0 N–H and O–H groups in total. The Kier molecular flexibility index (Phi) is 8.70. The number of alkyl halides is 3.